The third-order valence-electron chi connectivity index (χ3n) is 2.86. The SMILES string of the molecule is CC[C@@H](N)C(=O)N(CCCC(=O)O)c1ccccc1. The van der Waals surface area contributed by atoms with Crippen molar-refractivity contribution in [2.45, 2.75) is 32.2 Å². The highest BCUT2D eigenvalue weighted by molar-refractivity contribution is 5.97. The lowest BCUT2D eigenvalue weighted by Gasteiger charge is -2.25. The summed E-state index contributed by atoms with van der Waals surface area (Å²) in [5, 5.41) is 8.66. The Hall–Kier alpha value is -1.88. The molecule has 5 heteroatoms. The number of anilines is 1. The van der Waals surface area contributed by atoms with Gasteiger partial charge in [0.1, 0.15) is 0 Å². The number of aliphatic carboxylic acids is 1. The first-order valence-electron chi connectivity index (χ1n) is 6.40. The molecule has 1 atom stereocenters. The molecule has 0 fully saturated rings. The molecule has 1 aromatic rings. The average molecular weight is 264 g/mol. The van der Waals surface area contributed by atoms with Gasteiger partial charge >= 0.3 is 5.97 Å². The first-order valence-corrected chi connectivity index (χ1v) is 6.40. The number of hydrogen-bond acceptors (Lipinski definition) is 3. The van der Waals surface area contributed by atoms with Crippen molar-refractivity contribution in [3.8, 4) is 0 Å². The maximum atomic E-state index is 12.2. The second-order valence-electron chi connectivity index (χ2n) is 4.34. The number of hydrogen-bond donors (Lipinski definition) is 2. The van der Waals surface area contributed by atoms with Gasteiger partial charge in [0.25, 0.3) is 0 Å². The third-order valence-corrected chi connectivity index (χ3v) is 2.86. The van der Waals surface area contributed by atoms with Gasteiger partial charge in [-0.25, -0.2) is 0 Å². The minimum Gasteiger partial charge on any atom is -0.481 e. The summed E-state index contributed by atoms with van der Waals surface area (Å²) in [6, 6.07) is 8.63. The smallest absolute Gasteiger partial charge is 0.303 e. The molecule has 104 valence electrons. The van der Waals surface area contributed by atoms with Crippen molar-refractivity contribution in [1.82, 2.24) is 0 Å². The van der Waals surface area contributed by atoms with Crippen LogP contribution in [0.2, 0.25) is 0 Å². The maximum Gasteiger partial charge on any atom is 0.303 e. The zero-order chi connectivity index (χ0) is 14.3. The van der Waals surface area contributed by atoms with Crippen molar-refractivity contribution in [2.75, 3.05) is 11.4 Å². The van der Waals surface area contributed by atoms with Gasteiger partial charge in [-0.1, -0.05) is 25.1 Å². The van der Waals surface area contributed by atoms with Gasteiger partial charge in [0.2, 0.25) is 5.91 Å². The van der Waals surface area contributed by atoms with Gasteiger partial charge in [-0.2, -0.15) is 0 Å². The molecule has 0 saturated carbocycles. The average Bonchev–Trinajstić information content (AvgIpc) is 2.42. The van der Waals surface area contributed by atoms with Gasteiger partial charge in [0, 0.05) is 18.7 Å². The summed E-state index contributed by atoms with van der Waals surface area (Å²) in [6.07, 6.45) is 1.01. The van der Waals surface area contributed by atoms with Crippen molar-refractivity contribution in [3.63, 3.8) is 0 Å². The van der Waals surface area contributed by atoms with Gasteiger partial charge in [-0.05, 0) is 25.0 Å². The Bertz CT molecular complexity index is 420. The Kier molecular flexibility index (Phi) is 6.02. The highest BCUT2D eigenvalue weighted by Crippen LogP contribution is 2.15. The number of benzene rings is 1. The van der Waals surface area contributed by atoms with E-state index in [9.17, 15) is 9.59 Å². The molecule has 0 aliphatic rings. The summed E-state index contributed by atoms with van der Waals surface area (Å²) < 4.78 is 0. The second-order valence-corrected chi connectivity index (χ2v) is 4.34. The van der Waals surface area contributed by atoms with E-state index in [0.29, 0.717) is 19.4 Å². The Balaban J connectivity index is 2.79. The number of rotatable bonds is 7. The van der Waals surface area contributed by atoms with Crippen LogP contribution in [0.5, 0.6) is 0 Å². The van der Waals surface area contributed by atoms with Crippen LogP contribution in [0.1, 0.15) is 26.2 Å². The van der Waals surface area contributed by atoms with E-state index in [0.717, 1.165) is 5.69 Å². The number of carbonyl (C=O) groups is 2. The van der Waals surface area contributed by atoms with Crippen LogP contribution in [-0.4, -0.2) is 29.6 Å². The summed E-state index contributed by atoms with van der Waals surface area (Å²) in [5.41, 5.74) is 6.53. The Morgan fingerprint density at radius 2 is 1.95 bits per heavy atom. The largest absolute Gasteiger partial charge is 0.481 e. The Morgan fingerprint density at radius 3 is 2.47 bits per heavy atom. The lowest BCUT2D eigenvalue weighted by molar-refractivity contribution is -0.137. The number of nitrogens with two attached hydrogens (primary N) is 1. The van der Waals surface area contributed by atoms with Crippen LogP contribution in [0.15, 0.2) is 30.3 Å². The molecule has 0 saturated heterocycles. The molecule has 1 amide bonds. The van der Waals surface area contributed by atoms with Gasteiger partial charge in [0.15, 0.2) is 0 Å². The molecule has 0 radical (unpaired) electrons. The van der Waals surface area contributed by atoms with Crippen molar-refractivity contribution in [3.05, 3.63) is 30.3 Å². The van der Waals surface area contributed by atoms with Crippen LogP contribution in [0.3, 0.4) is 0 Å². The predicted molar refractivity (Wildman–Crippen MR) is 73.9 cm³/mol. The normalized spacial score (nSPS) is 11.9. The van der Waals surface area contributed by atoms with E-state index < -0.39 is 12.0 Å². The van der Waals surface area contributed by atoms with E-state index in [4.69, 9.17) is 10.8 Å². The van der Waals surface area contributed by atoms with E-state index in [1.54, 1.807) is 4.90 Å². The quantitative estimate of drug-likeness (QED) is 0.784. The third kappa shape index (κ3) is 4.71. The van der Waals surface area contributed by atoms with E-state index in [1.165, 1.54) is 0 Å². The fourth-order valence-corrected chi connectivity index (χ4v) is 1.74. The fourth-order valence-electron chi connectivity index (χ4n) is 1.74. The summed E-state index contributed by atoms with van der Waals surface area (Å²) >= 11 is 0. The van der Waals surface area contributed by atoms with Crippen LogP contribution in [-0.2, 0) is 9.59 Å². The van der Waals surface area contributed by atoms with Crippen LogP contribution < -0.4 is 10.6 Å². The van der Waals surface area contributed by atoms with Crippen LogP contribution in [0.4, 0.5) is 5.69 Å². The lowest BCUT2D eigenvalue weighted by atomic mass is 10.1. The molecular formula is C14H20N2O3. The van der Waals surface area contributed by atoms with Crippen LogP contribution >= 0.6 is 0 Å². The number of carboxylic acids is 1. The molecule has 19 heavy (non-hydrogen) atoms. The molecule has 0 heterocycles. The number of nitrogens with zero attached hydrogens (tertiary/aromatic N) is 1. The zero-order valence-electron chi connectivity index (χ0n) is 11.1. The van der Waals surface area contributed by atoms with E-state index in [2.05, 4.69) is 0 Å². The summed E-state index contributed by atoms with van der Waals surface area (Å²) in [5.74, 6) is -1.03. The van der Waals surface area contributed by atoms with Crippen molar-refractivity contribution in [2.24, 2.45) is 5.73 Å². The van der Waals surface area contributed by atoms with Gasteiger partial charge < -0.3 is 15.7 Å². The number of carboxylic acid groups (broad SMARTS) is 1. The minimum atomic E-state index is -0.861. The molecule has 1 aromatic carbocycles. The fraction of sp³-hybridized carbons (Fsp3) is 0.429. The first-order chi connectivity index (χ1) is 9.06. The molecule has 0 aliphatic carbocycles. The number of amides is 1. The number of carbonyl (C=O) groups excluding carboxylic acids is 1. The summed E-state index contributed by atoms with van der Waals surface area (Å²) in [6.45, 7) is 2.21. The topological polar surface area (TPSA) is 83.6 Å². The highest BCUT2D eigenvalue weighted by Gasteiger charge is 2.20. The maximum absolute atomic E-state index is 12.2. The molecule has 0 spiro atoms. The minimum absolute atomic E-state index is 0.0397. The van der Waals surface area contributed by atoms with Crippen molar-refractivity contribution < 1.29 is 14.7 Å². The van der Waals surface area contributed by atoms with Crippen LogP contribution in [0.25, 0.3) is 0 Å². The predicted octanol–water partition coefficient (Wildman–Crippen LogP) is 1.62. The zero-order valence-corrected chi connectivity index (χ0v) is 11.1. The molecule has 0 aliphatic heterocycles. The molecule has 3 N–H and O–H groups in total. The molecular weight excluding hydrogens is 244 g/mol. The van der Waals surface area contributed by atoms with Crippen molar-refractivity contribution >= 4 is 17.6 Å². The molecule has 0 unspecified atom stereocenters. The van der Waals surface area contributed by atoms with Crippen molar-refractivity contribution in [1.29, 1.82) is 0 Å². The summed E-state index contributed by atoms with van der Waals surface area (Å²) in [7, 11) is 0. The van der Waals surface area contributed by atoms with Gasteiger partial charge in [-0.3, -0.25) is 9.59 Å². The molecule has 5 nitrogen and oxygen atoms in total. The molecule has 1 rings (SSSR count). The number of para-hydroxylation sites is 1. The first kappa shape index (κ1) is 15.2. The molecule has 0 bridgehead atoms. The van der Waals surface area contributed by atoms with Gasteiger partial charge in [-0.15, -0.1) is 0 Å². The van der Waals surface area contributed by atoms with E-state index >= 15 is 0 Å². The lowest BCUT2D eigenvalue weighted by Crippen LogP contribution is -2.44. The van der Waals surface area contributed by atoms with Crippen LogP contribution in [0, 0.1) is 0 Å². The highest BCUT2D eigenvalue weighted by atomic mass is 16.4. The van der Waals surface area contributed by atoms with E-state index in [-0.39, 0.29) is 12.3 Å². The van der Waals surface area contributed by atoms with E-state index in [1.807, 2.05) is 37.3 Å². The van der Waals surface area contributed by atoms with Gasteiger partial charge in [0.05, 0.1) is 6.04 Å². The Labute approximate surface area is 113 Å². The summed E-state index contributed by atoms with van der Waals surface area (Å²) in [4.78, 5) is 24.3. The second kappa shape index (κ2) is 7.53. The standard InChI is InChI=1S/C14H20N2O3/c1-2-12(15)14(19)16(10-6-9-13(17)18)11-7-4-3-5-8-11/h3-5,7-8,12H,2,6,9-10,15H2,1H3,(H,17,18)/t12-/m1/s1. The molecule has 0 aromatic heterocycles. The monoisotopic (exact) mass is 264 g/mol. The Morgan fingerprint density at radius 1 is 1.32 bits per heavy atom.